The van der Waals surface area contributed by atoms with E-state index in [1.165, 1.54) is 32.1 Å². The topological polar surface area (TPSA) is 79.5 Å². The van der Waals surface area contributed by atoms with Crippen LogP contribution in [0.1, 0.15) is 59.3 Å². The highest BCUT2D eigenvalue weighted by molar-refractivity contribution is 5.78. The molecule has 0 spiro atoms. The van der Waals surface area contributed by atoms with Crippen molar-refractivity contribution in [2.24, 2.45) is 16.6 Å². The molecule has 0 atom stereocenters. The number of rotatable bonds is 11. The first-order valence-corrected chi connectivity index (χ1v) is 7.89. The number of hydrogen-bond acceptors (Lipinski definition) is 2. The summed E-state index contributed by atoms with van der Waals surface area (Å²) >= 11 is 0. The summed E-state index contributed by atoms with van der Waals surface area (Å²) in [7, 11) is 0. The van der Waals surface area contributed by atoms with Gasteiger partial charge < -0.3 is 16.4 Å². The van der Waals surface area contributed by atoms with E-state index in [0.717, 1.165) is 13.0 Å². The quantitative estimate of drug-likeness (QED) is 0.308. The lowest BCUT2D eigenvalue weighted by Gasteiger charge is -2.09. The summed E-state index contributed by atoms with van der Waals surface area (Å²) in [4.78, 5) is 15.6. The third-order valence-electron chi connectivity index (χ3n) is 3.05. The third-order valence-corrected chi connectivity index (χ3v) is 3.05. The number of unbranched alkanes of at least 4 members (excludes halogenated alkanes) is 5. The Kier molecular flexibility index (Phi) is 12.0. The zero-order chi connectivity index (χ0) is 15.2. The average molecular weight is 284 g/mol. The molecular formula is C15H32N4O. The minimum absolute atomic E-state index is 0.0220. The molecule has 0 saturated carbocycles. The van der Waals surface area contributed by atoms with Crippen molar-refractivity contribution in [1.29, 1.82) is 0 Å². The minimum Gasteiger partial charge on any atom is -0.370 e. The molecule has 0 aromatic carbocycles. The molecule has 1 amide bonds. The Labute approximate surface area is 123 Å². The lowest BCUT2D eigenvalue weighted by molar-refractivity contribution is -0.123. The van der Waals surface area contributed by atoms with E-state index in [1.54, 1.807) is 0 Å². The van der Waals surface area contributed by atoms with E-state index >= 15 is 0 Å². The Morgan fingerprint density at radius 1 is 1.05 bits per heavy atom. The summed E-state index contributed by atoms with van der Waals surface area (Å²) in [6.45, 7) is 7.94. The summed E-state index contributed by atoms with van der Waals surface area (Å²) in [6, 6.07) is 0. The molecule has 0 heterocycles. The van der Waals surface area contributed by atoms with Crippen molar-refractivity contribution in [3.63, 3.8) is 0 Å². The van der Waals surface area contributed by atoms with Gasteiger partial charge in [-0.1, -0.05) is 52.9 Å². The van der Waals surface area contributed by atoms with Gasteiger partial charge in [-0.05, 0) is 6.42 Å². The number of nitrogens with two attached hydrogens (primary N) is 1. The van der Waals surface area contributed by atoms with Crippen LogP contribution in [-0.4, -0.2) is 31.5 Å². The summed E-state index contributed by atoms with van der Waals surface area (Å²) in [5.41, 5.74) is 5.74. The van der Waals surface area contributed by atoms with Crippen LogP contribution in [0.5, 0.6) is 0 Å². The first kappa shape index (κ1) is 18.7. The summed E-state index contributed by atoms with van der Waals surface area (Å²) < 4.78 is 0. The van der Waals surface area contributed by atoms with Gasteiger partial charge >= 0.3 is 0 Å². The zero-order valence-corrected chi connectivity index (χ0v) is 13.4. The second kappa shape index (κ2) is 12.8. The van der Waals surface area contributed by atoms with Crippen LogP contribution in [-0.2, 0) is 4.79 Å². The van der Waals surface area contributed by atoms with E-state index in [0.29, 0.717) is 19.0 Å². The van der Waals surface area contributed by atoms with Gasteiger partial charge in [0.25, 0.3) is 0 Å². The van der Waals surface area contributed by atoms with Gasteiger partial charge in [0.15, 0.2) is 5.96 Å². The molecule has 118 valence electrons. The Hall–Kier alpha value is -1.26. The first-order chi connectivity index (χ1) is 9.57. The number of amides is 1. The van der Waals surface area contributed by atoms with E-state index in [2.05, 4.69) is 22.5 Å². The molecule has 20 heavy (non-hydrogen) atoms. The molecular weight excluding hydrogens is 252 g/mol. The van der Waals surface area contributed by atoms with E-state index in [-0.39, 0.29) is 11.8 Å². The van der Waals surface area contributed by atoms with Crippen molar-refractivity contribution in [3.8, 4) is 0 Å². The molecule has 0 fully saturated rings. The Morgan fingerprint density at radius 3 is 2.30 bits per heavy atom. The van der Waals surface area contributed by atoms with Gasteiger partial charge in [-0.2, -0.15) is 0 Å². The number of aliphatic imine (C=N–C) groups is 1. The molecule has 0 rings (SSSR count). The summed E-state index contributed by atoms with van der Waals surface area (Å²) in [5, 5.41) is 5.82. The maximum Gasteiger partial charge on any atom is 0.222 e. The molecule has 0 aromatic rings. The lowest BCUT2D eigenvalue weighted by atomic mass is 10.1. The van der Waals surface area contributed by atoms with E-state index in [9.17, 15) is 4.79 Å². The molecule has 0 unspecified atom stereocenters. The van der Waals surface area contributed by atoms with Crippen molar-refractivity contribution in [1.82, 2.24) is 10.6 Å². The monoisotopic (exact) mass is 284 g/mol. The highest BCUT2D eigenvalue weighted by atomic mass is 16.1. The largest absolute Gasteiger partial charge is 0.370 e. The minimum atomic E-state index is 0.0220. The Morgan fingerprint density at radius 2 is 1.65 bits per heavy atom. The van der Waals surface area contributed by atoms with Gasteiger partial charge in [0.05, 0.1) is 0 Å². The van der Waals surface area contributed by atoms with E-state index in [4.69, 9.17) is 5.73 Å². The lowest BCUT2D eigenvalue weighted by Crippen LogP contribution is -2.39. The van der Waals surface area contributed by atoms with Crippen molar-refractivity contribution in [2.45, 2.75) is 59.3 Å². The maximum absolute atomic E-state index is 11.3. The van der Waals surface area contributed by atoms with Crippen LogP contribution in [0.4, 0.5) is 0 Å². The molecule has 0 bridgehead atoms. The van der Waals surface area contributed by atoms with Crippen molar-refractivity contribution < 1.29 is 4.79 Å². The summed E-state index contributed by atoms with van der Waals surface area (Å²) in [6.07, 6.45) is 7.54. The number of nitrogens with zero attached hydrogens (tertiary/aromatic N) is 1. The predicted octanol–water partition coefficient (Wildman–Crippen LogP) is 2.02. The predicted molar refractivity (Wildman–Crippen MR) is 85.7 cm³/mol. The van der Waals surface area contributed by atoms with Crippen LogP contribution in [0.2, 0.25) is 0 Å². The fourth-order valence-corrected chi connectivity index (χ4v) is 1.73. The van der Waals surface area contributed by atoms with E-state index < -0.39 is 0 Å². The van der Waals surface area contributed by atoms with Crippen LogP contribution < -0.4 is 16.4 Å². The number of hydrogen-bond donors (Lipinski definition) is 3. The highest BCUT2D eigenvalue weighted by Crippen LogP contribution is 2.04. The van der Waals surface area contributed by atoms with Crippen molar-refractivity contribution in [3.05, 3.63) is 0 Å². The molecule has 5 heteroatoms. The number of carbonyl (C=O) groups excluding carboxylic acids is 1. The molecule has 0 radical (unpaired) electrons. The first-order valence-electron chi connectivity index (χ1n) is 7.89. The second-order valence-corrected chi connectivity index (χ2v) is 5.41. The molecule has 0 aliphatic heterocycles. The van der Waals surface area contributed by atoms with Crippen molar-refractivity contribution in [2.75, 3.05) is 19.6 Å². The van der Waals surface area contributed by atoms with Crippen LogP contribution in [0.3, 0.4) is 0 Å². The normalized spacial score (nSPS) is 11.7. The number of carbonyl (C=O) groups is 1. The van der Waals surface area contributed by atoms with Crippen molar-refractivity contribution >= 4 is 11.9 Å². The van der Waals surface area contributed by atoms with Crippen LogP contribution in [0.25, 0.3) is 0 Å². The molecule has 0 aromatic heterocycles. The number of guanidine groups is 1. The molecule has 0 aliphatic rings. The highest BCUT2D eigenvalue weighted by Gasteiger charge is 2.04. The Bertz CT molecular complexity index is 277. The molecule has 5 nitrogen and oxygen atoms in total. The maximum atomic E-state index is 11.3. The van der Waals surface area contributed by atoms with Gasteiger partial charge in [-0.15, -0.1) is 0 Å². The average Bonchev–Trinajstić information content (AvgIpc) is 2.42. The van der Waals surface area contributed by atoms with Gasteiger partial charge in [-0.3, -0.25) is 9.79 Å². The van der Waals surface area contributed by atoms with Gasteiger partial charge in [0, 0.05) is 25.6 Å². The van der Waals surface area contributed by atoms with E-state index in [1.807, 2.05) is 13.8 Å². The van der Waals surface area contributed by atoms with Gasteiger partial charge in [0.2, 0.25) is 5.91 Å². The van der Waals surface area contributed by atoms with Crippen LogP contribution in [0.15, 0.2) is 4.99 Å². The third kappa shape index (κ3) is 11.8. The summed E-state index contributed by atoms with van der Waals surface area (Å²) in [5.74, 6) is 0.556. The Balaban J connectivity index is 3.44. The van der Waals surface area contributed by atoms with Gasteiger partial charge in [0.1, 0.15) is 0 Å². The van der Waals surface area contributed by atoms with Crippen LogP contribution in [0, 0.1) is 5.92 Å². The molecule has 0 aliphatic carbocycles. The fourth-order valence-electron chi connectivity index (χ4n) is 1.73. The SMILES string of the molecule is CCCCCCCCN=C(N)NCCNC(=O)C(C)C. The fraction of sp³-hybridized carbons (Fsp3) is 0.867. The zero-order valence-electron chi connectivity index (χ0n) is 13.4. The molecule has 0 saturated heterocycles. The molecule has 4 N–H and O–H groups in total. The standard InChI is InChI=1S/C15H32N4O/c1-4-5-6-7-8-9-10-18-15(16)19-12-11-17-14(20)13(2)3/h13H,4-12H2,1-3H3,(H,17,20)(H3,16,18,19). The second-order valence-electron chi connectivity index (χ2n) is 5.41. The smallest absolute Gasteiger partial charge is 0.222 e. The van der Waals surface area contributed by atoms with Crippen LogP contribution >= 0.6 is 0 Å². The van der Waals surface area contributed by atoms with Gasteiger partial charge in [-0.25, -0.2) is 0 Å². The number of nitrogens with one attached hydrogen (secondary N) is 2.